The molecule has 0 nitrogen and oxygen atoms in total. The van der Waals surface area contributed by atoms with Crippen molar-refractivity contribution in [1.82, 2.24) is 0 Å². The largest absolute Gasteiger partial charge is 0.0932 e. The third-order valence-electron chi connectivity index (χ3n) is 2.82. The molecule has 0 saturated carbocycles. The molecule has 0 amide bonds. The zero-order valence-corrected chi connectivity index (χ0v) is 10.2. The highest BCUT2D eigenvalue weighted by Crippen LogP contribution is 2.21. The maximum Gasteiger partial charge on any atom is 0.0888 e. The monoisotopic (exact) mass is 194 g/mol. The van der Waals surface area contributed by atoms with Gasteiger partial charge in [0, 0.05) is 0 Å². The lowest BCUT2D eigenvalue weighted by Crippen LogP contribution is -2.10. The van der Waals surface area contributed by atoms with E-state index in [1.165, 1.54) is 38.1 Å². The molecule has 0 spiro atoms. The Morgan fingerprint density at radius 3 is 2.62 bits per heavy atom. The Morgan fingerprint density at radius 1 is 1.15 bits per heavy atom. The molecular formula is C12H22Si. The Morgan fingerprint density at radius 2 is 1.92 bits per heavy atom. The van der Waals surface area contributed by atoms with Gasteiger partial charge in [0.25, 0.3) is 0 Å². The molecule has 1 rings (SSSR count). The van der Waals surface area contributed by atoms with Crippen molar-refractivity contribution in [3.8, 4) is 0 Å². The Kier molecular flexibility index (Phi) is 5.14. The molecule has 0 N–H and O–H groups in total. The normalized spacial score (nSPS) is 20.8. The predicted molar refractivity (Wildman–Crippen MR) is 63.6 cm³/mol. The van der Waals surface area contributed by atoms with Crippen LogP contribution in [0.5, 0.6) is 0 Å². The summed E-state index contributed by atoms with van der Waals surface area (Å²) in [6.07, 6.45) is 11.6. The Hall–Kier alpha value is -0.303. The predicted octanol–water partition coefficient (Wildman–Crippen LogP) is 3.78. The first-order valence-corrected chi connectivity index (χ1v) is 7.81. The van der Waals surface area contributed by atoms with Gasteiger partial charge in [-0.2, -0.15) is 0 Å². The molecule has 0 aromatic carbocycles. The van der Waals surface area contributed by atoms with E-state index in [0.29, 0.717) is 0 Å². The summed E-state index contributed by atoms with van der Waals surface area (Å²) in [5.41, 5.74) is 2.51. The van der Waals surface area contributed by atoms with Gasteiger partial charge in [0.2, 0.25) is 0 Å². The summed E-state index contributed by atoms with van der Waals surface area (Å²) in [6, 6.07) is 1.50. The summed E-state index contributed by atoms with van der Waals surface area (Å²) in [5, 5.41) is 1.82. The van der Waals surface area contributed by atoms with Gasteiger partial charge in [-0.15, -0.1) is 0 Å². The first-order valence-electron chi connectivity index (χ1n) is 5.75. The lowest BCUT2D eigenvalue weighted by molar-refractivity contribution is 0.802. The van der Waals surface area contributed by atoms with Crippen molar-refractivity contribution in [3.05, 3.63) is 23.0 Å². The van der Waals surface area contributed by atoms with Crippen LogP contribution in [0.4, 0.5) is 0 Å². The van der Waals surface area contributed by atoms with Gasteiger partial charge in [-0.1, -0.05) is 68.6 Å². The molecule has 1 aliphatic rings. The molecule has 1 heteroatoms. The molecule has 0 saturated heterocycles. The quantitative estimate of drug-likeness (QED) is 0.565. The molecule has 1 atom stereocenters. The van der Waals surface area contributed by atoms with Crippen molar-refractivity contribution in [3.63, 3.8) is 0 Å². The van der Waals surface area contributed by atoms with Crippen LogP contribution in [-0.4, -0.2) is 8.80 Å². The highest BCUT2D eigenvalue weighted by Gasteiger charge is 2.14. The average molecular weight is 194 g/mol. The average Bonchev–Trinajstić information content (AvgIpc) is 2.59. The van der Waals surface area contributed by atoms with Gasteiger partial charge < -0.3 is 0 Å². The molecule has 0 bridgehead atoms. The van der Waals surface area contributed by atoms with E-state index in [1.54, 1.807) is 0 Å². The highest BCUT2D eigenvalue weighted by atomic mass is 28.3. The van der Waals surface area contributed by atoms with Gasteiger partial charge >= 0.3 is 0 Å². The fourth-order valence-corrected chi connectivity index (χ4v) is 4.89. The second kappa shape index (κ2) is 6.20. The molecule has 1 heterocycles. The van der Waals surface area contributed by atoms with Crippen LogP contribution in [0.2, 0.25) is 6.04 Å². The molecule has 1 aliphatic heterocycles. The summed E-state index contributed by atoms with van der Waals surface area (Å²) < 4.78 is 0. The van der Waals surface area contributed by atoms with Crippen molar-refractivity contribution in [2.24, 2.45) is 0 Å². The second-order valence-corrected chi connectivity index (χ2v) is 6.90. The highest BCUT2D eigenvalue weighted by molar-refractivity contribution is 6.72. The Labute approximate surface area is 84.3 Å². The van der Waals surface area contributed by atoms with Gasteiger partial charge in [-0.25, -0.2) is 0 Å². The second-order valence-electron chi connectivity index (χ2n) is 3.98. The minimum atomic E-state index is -0.565. The molecule has 0 aliphatic carbocycles. The molecular weight excluding hydrogens is 172 g/mol. The van der Waals surface area contributed by atoms with Crippen LogP contribution in [0.1, 0.15) is 46.0 Å². The summed E-state index contributed by atoms with van der Waals surface area (Å²) in [6.45, 7) is 4.58. The third-order valence-corrected chi connectivity index (χ3v) is 5.97. The van der Waals surface area contributed by atoms with E-state index in [9.17, 15) is 0 Å². The van der Waals surface area contributed by atoms with E-state index >= 15 is 0 Å². The van der Waals surface area contributed by atoms with Crippen LogP contribution >= 0.6 is 0 Å². The third kappa shape index (κ3) is 3.51. The van der Waals surface area contributed by atoms with Gasteiger partial charge in [0.15, 0.2) is 0 Å². The van der Waals surface area contributed by atoms with Crippen molar-refractivity contribution in [2.45, 2.75) is 52.0 Å². The molecule has 0 radical (unpaired) electrons. The van der Waals surface area contributed by atoms with E-state index in [0.717, 1.165) is 0 Å². The number of hydrogen-bond donors (Lipinski definition) is 0. The van der Waals surface area contributed by atoms with Gasteiger partial charge in [0.05, 0.1) is 8.80 Å². The Bertz CT molecular complexity index is 191. The fourth-order valence-electron chi connectivity index (χ4n) is 1.92. The summed E-state index contributed by atoms with van der Waals surface area (Å²) >= 11 is 0. The smallest absolute Gasteiger partial charge is 0.0888 e. The minimum absolute atomic E-state index is 0.565. The lowest BCUT2D eigenvalue weighted by Gasteiger charge is -2.11. The van der Waals surface area contributed by atoms with E-state index < -0.39 is 8.80 Å². The Balaban J connectivity index is 2.28. The van der Waals surface area contributed by atoms with E-state index in [2.05, 4.69) is 31.7 Å². The maximum absolute atomic E-state index is 2.51. The van der Waals surface area contributed by atoms with Crippen LogP contribution in [0.15, 0.2) is 23.0 Å². The van der Waals surface area contributed by atoms with Crippen LogP contribution in [0, 0.1) is 0 Å². The zero-order chi connectivity index (χ0) is 9.52. The van der Waals surface area contributed by atoms with E-state index in [4.69, 9.17) is 0 Å². The SMILES string of the molecule is CCCCC1=CC=C[SiH]1CCCC. The van der Waals surface area contributed by atoms with Crippen molar-refractivity contribution >= 4 is 8.80 Å². The first-order chi connectivity index (χ1) is 6.38. The van der Waals surface area contributed by atoms with Gasteiger partial charge in [0.1, 0.15) is 0 Å². The molecule has 13 heavy (non-hydrogen) atoms. The fraction of sp³-hybridized carbons (Fsp3) is 0.667. The standard InChI is InChI=1S/C12H22Si/c1-3-5-8-12-9-7-11-13(12)10-6-4-2/h7,9,11,13H,3-6,8,10H2,1-2H3. The van der Waals surface area contributed by atoms with Crippen molar-refractivity contribution < 1.29 is 0 Å². The van der Waals surface area contributed by atoms with Gasteiger partial charge in [-0.3, -0.25) is 0 Å². The van der Waals surface area contributed by atoms with Crippen LogP contribution in [0.25, 0.3) is 0 Å². The first kappa shape index (κ1) is 10.8. The number of allylic oxidation sites excluding steroid dienone is 3. The molecule has 1 unspecified atom stereocenters. The van der Waals surface area contributed by atoms with E-state index in [1.807, 2.05) is 5.20 Å². The number of hydrogen-bond acceptors (Lipinski definition) is 0. The van der Waals surface area contributed by atoms with Crippen molar-refractivity contribution in [1.29, 1.82) is 0 Å². The number of unbranched alkanes of at least 4 members (excludes halogenated alkanes) is 2. The summed E-state index contributed by atoms with van der Waals surface area (Å²) in [7, 11) is -0.565. The lowest BCUT2D eigenvalue weighted by atomic mass is 10.2. The zero-order valence-electron chi connectivity index (χ0n) is 9.05. The van der Waals surface area contributed by atoms with Crippen molar-refractivity contribution in [2.75, 3.05) is 0 Å². The van der Waals surface area contributed by atoms with Crippen LogP contribution in [0.3, 0.4) is 0 Å². The van der Waals surface area contributed by atoms with E-state index in [-0.39, 0.29) is 0 Å². The minimum Gasteiger partial charge on any atom is -0.0932 e. The molecule has 74 valence electrons. The molecule has 0 fully saturated rings. The molecule has 0 aromatic rings. The number of rotatable bonds is 6. The summed E-state index contributed by atoms with van der Waals surface area (Å²) in [4.78, 5) is 0. The molecule has 0 aromatic heterocycles. The van der Waals surface area contributed by atoms with Gasteiger partial charge in [-0.05, 0) is 6.42 Å². The van der Waals surface area contributed by atoms with Crippen LogP contribution < -0.4 is 0 Å². The summed E-state index contributed by atoms with van der Waals surface area (Å²) in [5.74, 6) is 0. The maximum atomic E-state index is 2.51. The topological polar surface area (TPSA) is 0 Å². The van der Waals surface area contributed by atoms with Crippen LogP contribution in [-0.2, 0) is 0 Å².